The van der Waals surface area contributed by atoms with E-state index in [1.54, 1.807) is 12.3 Å². The summed E-state index contributed by atoms with van der Waals surface area (Å²) >= 11 is 6.02. The number of hydrogen-bond acceptors (Lipinski definition) is 3. The maximum absolute atomic E-state index is 13.0. The second kappa shape index (κ2) is 7.46. The third kappa shape index (κ3) is 3.74. The van der Waals surface area contributed by atoms with Crippen LogP contribution >= 0.6 is 11.6 Å². The SMILES string of the molecule is O=C(NCc1cn2cc(Cl)ccc2n1)c1cc2ccccc2cc1NC(=O)C1CC1. The van der Waals surface area contributed by atoms with Gasteiger partial charge in [-0.3, -0.25) is 9.59 Å². The summed E-state index contributed by atoms with van der Waals surface area (Å²) in [5, 5.41) is 8.37. The van der Waals surface area contributed by atoms with Crippen LogP contribution in [0.15, 0.2) is 60.9 Å². The maximum Gasteiger partial charge on any atom is 0.253 e. The molecule has 0 unspecified atom stereocenters. The first-order valence-corrected chi connectivity index (χ1v) is 10.2. The van der Waals surface area contributed by atoms with Crippen LogP contribution in [-0.2, 0) is 11.3 Å². The molecule has 2 N–H and O–H groups in total. The molecule has 1 fully saturated rings. The molecular weight excluding hydrogens is 400 g/mol. The zero-order valence-electron chi connectivity index (χ0n) is 16.1. The van der Waals surface area contributed by atoms with Gasteiger partial charge in [0.05, 0.1) is 28.5 Å². The van der Waals surface area contributed by atoms with Crippen molar-refractivity contribution < 1.29 is 9.59 Å². The lowest BCUT2D eigenvalue weighted by Crippen LogP contribution is -2.25. The molecule has 7 heteroatoms. The Morgan fingerprint density at radius 1 is 1.07 bits per heavy atom. The van der Waals surface area contributed by atoms with Crippen molar-refractivity contribution in [2.24, 2.45) is 5.92 Å². The van der Waals surface area contributed by atoms with Crippen molar-refractivity contribution in [3.8, 4) is 0 Å². The van der Waals surface area contributed by atoms with Crippen LogP contribution in [0.25, 0.3) is 16.4 Å². The Kier molecular flexibility index (Phi) is 4.64. The fraction of sp³-hybridized carbons (Fsp3) is 0.174. The van der Waals surface area contributed by atoms with Gasteiger partial charge in [-0.25, -0.2) is 4.98 Å². The summed E-state index contributed by atoms with van der Waals surface area (Å²) in [6.45, 7) is 0.265. The molecule has 2 amide bonds. The smallest absolute Gasteiger partial charge is 0.253 e. The Morgan fingerprint density at radius 3 is 2.60 bits per heavy atom. The minimum atomic E-state index is -0.262. The molecule has 2 aromatic carbocycles. The van der Waals surface area contributed by atoms with Gasteiger partial charge < -0.3 is 15.0 Å². The molecule has 0 saturated heterocycles. The van der Waals surface area contributed by atoms with Gasteiger partial charge in [0.25, 0.3) is 5.91 Å². The van der Waals surface area contributed by atoms with Crippen LogP contribution in [-0.4, -0.2) is 21.2 Å². The van der Waals surface area contributed by atoms with Crippen LogP contribution in [0.4, 0.5) is 5.69 Å². The predicted octanol–water partition coefficient (Wildman–Crippen LogP) is 4.42. The van der Waals surface area contributed by atoms with E-state index in [1.807, 2.05) is 53.1 Å². The molecule has 0 bridgehead atoms. The zero-order valence-corrected chi connectivity index (χ0v) is 16.8. The number of pyridine rings is 1. The fourth-order valence-electron chi connectivity index (χ4n) is 3.48. The molecule has 30 heavy (non-hydrogen) atoms. The van der Waals surface area contributed by atoms with Crippen LogP contribution in [0.2, 0.25) is 5.02 Å². The van der Waals surface area contributed by atoms with E-state index in [4.69, 9.17) is 11.6 Å². The van der Waals surface area contributed by atoms with Crippen LogP contribution in [0, 0.1) is 5.92 Å². The highest BCUT2D eigenvalue weighted by atomic mass is 35.5. The van der Waals surface area contributed by atoms with Crippen molar-refractivity contribution in [3.63, 3.8) is 0 Å². The number of nitrogens with one attached hydrogen (secondary N) is 2. The summed E-state index contributed by atoms with van der Waals surface area (Å²) in [7, 11) is 0. The van der Waals surface area contributed by atoms with Gasteiger partial charge in [0, 0.05) is 18.3 Å². The van der Waals surface area contributed by atoms with Gasteiger partial charge in [0.1, 0.15) is 5.65 Å². The average molecular weight is 419 g/mol. The highest BCUT2D eigenvalue weighted by Gasteiger charge is 2.30. The summed E-state index contributed by atoms with van der Waals surface area (Å²) in [5.74, 6) is -0.240. The molecule has 6 nitrogen and oxygen atoms in total. The molecule has 0 aliphatic heterocycles. The second-order valence-corrected chi connectivity index (χ2v) is 7.97. The summed E-state index contributed by atoms with van der Waals surface area (Å²) in [4.78, 5) is 29.8. The van der Waals surface area contributed by atoms with Crippen LogP contribution in [0.1, 0.15) is 28.9 Å². The molecule has 1 aliphatic carbocycles. The number of carbonyl (C=O) groups excluding carboxylic acids is 2. The number of nitrogens with zero attached hydrogens (tertiary/aromatic N) is 2. The number of amides is 2. The van der Waals surface area contributed by atoms with Gasteiger partial charge >= 0.3 is 0 Å². The molecule has 0 spiro atoms. The molecule has 0 radical (unpaired) electrons. The summed E-state index contributed by atoms with van der Waals surface area (Å²) in [6.07, 6.45) is 5.40. The molecule has 1 aliphatic rings. The largest absolute Gasteiger partial charge is 0.346 e. The Morgan fingerprint density at radius 2 is 1.83 bits per heavy atom. The Bertz CT molecular complexity index is 1290. The lowest BCUT2D eigenvalue weighted by Gasteiger charge is -2.13. The van der Waals surface area contributed by atoms with Crippen molar-refractivity contribution in [1.29, 1.82) is 0 Å². The van der Waals surface area contributed by atoms with Crippen molar-refractivity contribution >= 4 is 45.5 Å². The van der Waals surface area contributed by atoms with Gasteiger partial charge in [0.15, 0.2) is 0 Å². The molecule has 2 aromatic heterocycles. The molecule has 1 saturated carbocycles. The van der Waals surface area contributed by atoms with Gasteiger partial charge in [0.2, 0.25) is 5.91 Å². The van der Waals surface area contributed by atoms with Gasteiger partial charge in [-0.1, -0.05) is 35.9 Å². The van der Waals surface area contributed by atoms with E-state index in [2.05, 4.69) is 15.6 Å². The number of aromatic nitrogens is 2. The number of imidazole rings is 1. The molecule has 2 heterocycles. The lowest BCUT2D eigenvalue weighted by molar-refractivity contribution is -0.117. The number of carbonyl (C=O) groups is 2. The standard InChI is InChI=1S/C23H19ClN4O2/c24-17-7-8-21-26-18(13-28(21)12-17)11-25-23(30)19-9-15-3-1-2-4-16(15)10-20(19)27-22(29)14-5-6-14/h1-4,7-10,12-14H,5-6,11H2,(H,25,30)(H,27,29). The first-order chi connectivity index (χ1) is 14.6. The summed E-state index contributed by atoms with van der Waals surface area (Å²) in [6, 6.07) is 15.0. The number of rotatable bonds is 5. The molecular formula is C23H19ClN4O2. The van der Waals surface area contributed by atoms with E-state index in [-0.39, 0.29) is 24.3 Å². The molecule has 150 valence electrons. The number of fused-ring (bicyclic) bond motifs is 2. The number of benzene rings is 2. The average Bonchev–Trinajstić information content (AvgIpc) is 3.52. The second-order valence-electron chi connectivity index (χ2n) is 7.54. The van der Waals surface area contributed by atoms with Crippen molar-refractivity contribution in [2.75, 3.05) is 5.32 Å². The first-order valence-electron chi connectivity index (χ1n) is 9.82. The third-order valence-corrected chi connectivity index (χ3v) is 5.45. The van der Waals surface area contributed by atoms with E-state index in [1.165, 1.54) is 0 Å². The maximum atomic E-state index is 13.0. The Balaban J connectivity index is 1.41. The van der Waals surface area contributed by atoms with Crippen molar-refractivity contribution in [2.45, 2.75) is 19.4 Å². The van der Waals surface area contributed by atoms with Crippen molar-refractivity contribution in [3.05, 3.63) is 77.2 Å². The van der Waals surface area contributed by atoms with E-state index < -0.39 is 0 Å². The molecule has 5 rings (SSSR count). The topological polar surface area (TPSA) is 75.5 Å². The van der Waals surface area contributed by atoms with E-state index in [0.717, 1.165) is 35.0 Å². The van der Waals surface area contributed by atoms with Crippen LogP contribution in [0.5, 0.6) is 0 Å². The zero-order chi connectivity index (χ0) is 20.7. The van der Waals surface area contributed by atoms with Crippen LogP contribution in [0.3, 0.4) is 0 Å². The van der Waals surface area contributed by atoms with E-state index in [9.17, 15) is 9.59 Å². The highest BCUT2D eigenvalue weighted by molar-refractivity contribution is 6.30. The number of halogens is 1. The molecule has 4 aromatic rings. The summed E-state index contributed by atoms with van der Waals surface area (Å²) in [5.41, 5.74) is 2.45. The van der Waals surface area contributed by atoms with Gasteiger partial charge in [-0.2, -0.15) is 0 Å². The van der Waals surface area contributed by atoms with E-state index >= 15 is 0 Å². The fourth-order valence-corrected chi connectivity index (χ4v) is 3.65. The Labute approximate surface area is 177 Å². The highest BCUT2D eigenvalue weighted by Crippen LogP contribution is 2.32. The first kappa shape index (κ1) is 18.6. The quantitative estimate of drug-likeness (QED) is 0.503. The minimum Gasteiger partial charge on any atom is -0.346 e. The molecule has 0 atom stereocenters. The van der Waals surface area contributed by atoms with Gasteiger partial charge in [-0.05, 0) is 47.9 Å². The van der Waals surface area contributed by atoms with E-state index in [0.29, 0.717) is 16.3 Å². The summed E-state index contributed by atoms with van der Waals surface area (Å²) < 4.78 is 1.82. The predicted molar refractivity (Wildman–Crippen MR) is 117 cm³/mol. The normalized spacial score (nSPS) is 13.5. The third-order valence-electron chi connectivity index (χ3n) is 5.23. The van der Waals surface area contributed by atoms with Crippen molar-refractivity contribution in [1.82, 2.24) is 14.7 Å². The van der Waals surface area contributed by atoms with Crippen LogP contribution < -0.4 is 10.6 Å². The monoisotopic (exact) mass is 418 g/mol. The Hall–Kier alpha value is -3.38. The lowest BCUT2D eigenvalue weighted by atomic mass is 10.0. The number of anilines is 1. The minimum absolute atomic E-state index is 0.0310. The van der Waals surface area contributed by atoms with Gasteiger partial charge in [-0.15, -0.1) is 0 Å². The number of hydrogen-bond donors (Lipinski definition) is 2.